The number of halogens is 4. The standard InChI is InChI=1S/C13H8ClF3O3S/c14-21(18,19)12-6-4-10(5-7-12)20-11-3-1-2-9(8-11)13(15,16)17/h1-8H. The summed E-state index contributed by atoms with van der Waals surface area (Å²) < 4.78 is 65.0. The van der Waals surface area contributed by atoms with Crippen LogP contribution < -0.4 is 4.74 Å². The fourth-order valence-corrected chi connectivity index (χ4v) is 2.31. The smallest absolute Gasteiger partial charge is 0.416 e. The molecule has 8 heteroatoms. The lowest BCUT2D eigenvalue weighted by molar-refractivity contribution is -0.137. The maximum absolute atomic E-state index is 12.6. The molecule has 0 spiro atoms. The van der Waals surface area contributed by atoms with Gasteiger partial charge in [0, 0.05) is 10.7 Å². The highest BCUT2D eigenvalue weighted by molar-refractivity contribution is 8.13. The molecule has 0 N–H and O–H groups in total. The molecule has 0 bridgehead atoms. The Morgan fingerprint density at radius 1 is 0.952 bits per heavy atom. The van der Waals surface area contributed by atoms with Crippen molar-refractivity contribution >= 4 is 19.7 Å². The molecular formula is C13H8ClF3O3S. The van der Waals surface area contributed by atoms with E-state index in [9.17, 15) is 21.6 Å². The number of ether oxygens (including phenoxy) is 1. The van der Waals surface area contributed by atoms with Crippen LogP contribution >= 0.6 is 10.7 Å². The molecule has 0 radical (unpaired) electrons. The van der Waals surface area contributed by atoms with Crippen LogP contribution in [-0.2, 0) is 15.2 Å². The van der Waals surface area contributed by atoms with E-state index in [-0.39, 0.29) is 16.4 Å². The number of hydrogen-bond donors (Lipinski definition) is 0. The molecule has 0 heterocycles. The fourth-order valence-electron chi connectivity index (χ4n) is 1.54. The third-order valence-electron chi connectivity index (χ3n) is 2.50. The molecule has 2 aromatic carbocycles. The van der Waals surface area contributed by atoms with Gasteiger partial charge in [-0.15, -0.1) is 0 Å². The molecular weight excluding hydrogens is 329 g/mol. The van der Waals surface area contributed by atoms with Gasteiger partial charge in [0.05, 0.1) is 10.5 Å². The SMILES string of the molecule is O=S(=O)(Cl)c1ccc(Oc2cccc(C(F)(F)F)c2)cc1. The van der Waals surface area contributed by atoms with Gasteiger partial charge in [0.1, 0.15) is 11.5 Å². The first-order chi connectivity index (χ1) is 9.66. The lowest BCUT2D eigenvalue weighted by Crippen LogP contribution is -2.04. The quantitative estimate of drug-likeness (QED) is 0.779. The maximum atomic E-state index is 12.6. The van der Waals surface area contributed by atoms with Crippen LogP contribution in [0.5, 0.6) is 11.5 Å². The van der Waals surface area contributed by atoms with E-state index < -0.39 is 20.8 Å². The molecule has 0 saturated carbocycles. The van der Waals surface area contributed by atoms with E-state index in [0.29, 0.717) is 0 Å². The molecule has 0 unspecified atom stereocenters. The third kappa shape index (κ3) is 4.12. The lowest BCUT2D eigenvalue weighted by Gasteiger charge is -2.10. The van der Waals surface area contributed by atoms with E-state index in [2.05, 4.69) is 0 Å². The van der Waals surface area contributed by atoms with Crippen LogP contribution in [0.3, 0.4) is 0 Å². The Morgan fingerprint density at radius 2 is 1.57 bits per heavy atom. The Balaban J connectivity index is 2.23. The van der Waals surface area contributed by atoms with Gasteiger partial charge in [-0.1, -0.05) is 6.07 Å². The summed E-state index contributed by atoms with van der Waals surface area (Å²) in [5.74, 6) is 0.185. The summed E-state index contributed by atoms with van der Waals surface area (Å²) in [5, 5.41) is 0. The zero-order chi connectivity index (χ0) is 15.7. The van der Waals surface area contributed by atoms with Crippen LogP contribution in [0.4, 0.5) is 13.2 Å². The number of alkyl halides is 3. The molecule has 0 aliphatic carbocycles. The van der Waals surface area contributed by atoms with Gasteiger partial charge in [0.2, 0.25) is 0 Å². The molecule has 2 rings (SSSR count). The van der Waals surface area contributed by atoms with E-state index in [1.54, 1.807) is 0 Å². The van der Waals surface area contributed by atoms with Crippen LogP contribution in [0.2, 0.25) is 0 Å². The molecule has 21 heavy (non-hydrogen) atoms. The van der Waals surface area contributed by atoms with Crippen molar-refractivity contribution in [2.45, 2.75) is 11.1 Å². The monoisotopic (exact) mass is 336 g/mol. The zero-order valence-electron chi connectivity index (χ0n) is 10.3. The number of benzene rings is 2. The topological polar surface area (TPSA) is 43.4 Å². The van der Waals surface area contributed by atoms with Crippen molar-refractivity contribution in [3.8, 4) is 11.5 Å². The van der Waals surface area contributed by atoms with E-state index in [1.807, 2.05) is 0 Å². The first-order valence-electron chi connectivity index (χ1n) is 5.56. The predicted molar refractivity (Wildman–Crippen MR) is 71.0 cm³/mol. The summed E-state index contributed by atoms with van der Waals surface area (Å²) in [5.41, 5.74) is -0.833. The number of rotatable bonds is 3. The van der Waals surface area contributed by atoms with Gasteiger partial charge in [-0.25, -0.2) is 8.42 Å². The molecule has 2 aromatic rings. The average Bonchev–Trinajstić information content (AvgIpc) is 2.37. The molecule has 0 aliphatic rings. The Hall–Kier alpha value is -1.73. The highest BCUT2D eigenvalue weighted by atomic mass is 35.7. The van der Waals surface area contributed by atoms with Crippen LogP contribution in [0.1, 0.15) is 5.56 Å². The minimum absolute atomic E-state index is 0.00805. The molecule has 112 valence electrons. The first-order valence-corrected chi connectivity index (χ1v) is 7.87. The first kappa shape index (κ1) is 15.7. The van der Waals surface area contributed by atoms with Gasteiger partial charge in [0.25, 0.3) is 9.05 Å². The normalized spacial score (nSPS) is 12.2. The van der Waals surface area contributed by atoms with Crippen molar-refractivity contribution in [3.05, 3.63) is 54.1 Å². The van der Waals surface area contributed by atoms with Crippen molar-refractivity contribution < 1.29 is 26.3 Å². The second-order valence-electron chi connectivity index (χ2n) is 4.04. The van der Waals surface area contributed by atoms with E-state index in [1.165, 1.54) is 36.4 Å². The van der Waals surface area contributed by atoms with E-state index >= 15 is 0 Å². The molecule has 0 atom stereocenters. The molecule has 0 aliphatic heterocycles. The average molecular weight is 337 g/mol. The van der Waals surface area contributed by atoms with Crippen LogP contribution in [-0.4, -0.2) is 8.42 Å². The Labute approximate surface area is 123 Å². The third-order valence-corrected chi connectivity index (χ3v) is 3.87. The van der Waals surface area contributed by atoms with Crippen LogP contribution in [0.15, 0.2) is 53.4 Å². The highest BCUT2D eigenvalue weighted by Crippen LogP contribution is 2.32. The van der Waals surface area contributed by atoms with Gasteiger partial charge >= 0.3 is 6.18 Å². The molecule has 0 saturated heterocycles. The van der Waals surface area contributed by atoms with Crippen molar-refractivity contribution in [1.82, 2.24) is 0 Å². The lowest BCUT2D eigenvalue weighted by atomic mass is 10.2. The molecule has 0 fully saturated rings. The summed E-state index contributed by atoms with van der Waals surface area (Å²) in [6.45, 7) is 0. The zero-order valence-corrected chi connectivity index (χ0v) is 11.8. The largest absolute Gasteiger partial charge is 0.457 e. The summed E-state index contributed by atoms with van der Waals surface area (Å²) in [6.07, 6.45) is -4.46. The van der Waals surface area contributed by atoms with Crippen molar-refractivity contribution in [3.63, 3.8) is 0 Å². The fraction of sp³-hybridized carbons (Fsp3) is 0.0769. The Bertz CT molecular complexity index is 740. The van der Waals surface area contributed by atoms with Gasteiger partial charge in [-0.2, -0.15) is 13.2 Å². The molecule has 0 amide bonds. The minimum atomic E-state index is -4.46. The van der Waals surface area contributed by atoms with Crippen molar-refractivity contribution in [2.75, 3.05) is 0 Å². The van der Waals surface area contributed by atoms with Crippen molar-refractivity contribution in [1.29, 1.82) is 0 Å². The van der Waals surface area contributed by atoms with Gasteiger partial charge < -0.3 is 4.74 Å². The Kier molecular flexibility index (Phi) is 4.15. The minimum Gasteiger partial charge on any atom is -0.457 e. The maximum Gasteiger partial charge on any atom is 0.416 e. The van der Waals surface area contributed by atoms with E-state index in [0.717, 1.165) is 12.1 Å². The summed E-state index contributed by atoms with van der Waals surface area (Å²) in [7, 11) is 1.30. The van der Waals surface area contributed by atoms with Crippen molar-refractivity contribution in [2.24, 2.45) is 0 Å². The highest BCUT2D eigenvalue weighted by Gasteiger charge is 2.30. The summed E-state index contributed by atoms with van der Waals surface area (Å²) in [6, 6.07) is 9.36. The van der Waals surface area contributed by atoms with Gasteiger partial charge in [-0.05, 0) is 42.5 Å². The van der Waals surface area contributed by atoms with Crippen LogP contribution in [0, 0.1) is 0 Å². The van der Waals surface area contributed by atoms with E-state index in [4.69, 9.17) is 15.4 Å². The second-order valence-corrected chi connectivity index (χ2v) is 6.60. The predicted octanol–water partition coefficient (Wildman–Crippen LogP) is 4.43. The number of hydrogen-bond acceptors (Lipinski definition) is 3. The second kappa shape index (κ2) is 5.57. The van der Waals surface area contributed by atoms with Gasteiger partial charge in [0.15, 0.2) is 0 Å². The van der Waals surface area contributed by atoms with Crippen LogP contribution in [0.25, 0.3) is 0 Å². The van der Waals surface area contributed by atoms with Gasteiger partial charge in [-0.3, -0.25) is 0 Å². The summed E-state index contributed by atoms with van der Waals surface area (Å²) in [4.78, 5) is -0.124. The summed E-state index contributed by atoms with van der Waals surface area (Å²) >= 11 is 0. The molecule has 3 nitrogen and oxygen atoms in total. The Morgan fingerprint density at radius 3 is 2.10 bits per heavy atom. The molecule has 0 aromatic heterocycles.